The molecule has 0 N–H and O–H groups in total. The summed E-state index contributed by atoms with van der Waals surface area (Å²) >= 11 is 0. The van der Waals surface area contributed by atoms with E-state index in [1.807, 2.05) is 4.90 Å². The lowest BCUT2D eigenvalue weighted by Gasteiger charge is -2.51. The Hall–Kier alpha value is -2.43. The van der Waals surface area contributed by atoms with Crippen molar-refractivity contribution in [2.45, 2.75) is 62.4 Å². The summed E-state index contributed by atoms with van der Waals surface area (Å²) < 4.78 is 5.24. The van der Waals surface area contributed by atoms with Gasteiger partial charge in [0, 0.05) is 45.2 Å². The molecule has 1 aliphatic carbocycles. The molecule has 3 rings (SSSR count). The number of hydrogen-bond acceptors (Lipinski definition) is 5. The maximum atomic E-state index is 13.4. The smallest absolute Gasteiger partial charge is 0.321 e. The Balaban J connectivity index is 1.78. The van der Waals surface area contributed by atoms with Crippen LogP contribution >= 0.6 is 0 Å². The quantitative estimate of drug-likeness (QED) is 0.476. The molecule has 2 fully saturated rings. The van der Waals surface area contributed by atoms with Gasteiger partial charge in [0.2, 0.25) is 0 Å². The summed E-state index contributed by atoms with van der Waals surface area (Å²) in [6.07, 6.45) is 5.79. The number of ketones is 1. The number of nitriles is 1. The number of benzene rings is 1. The monoisotopic (exact) mass is 454 g/mol. The molecule has 1 spiro atoms. The highest BCUT2D eigenvalue weighted by Gasteiger charge is 2.54. The molecule has 0 bridgehead atoms. The molecular weight excluding hydrogens is 416 g/mol. The van der Waals surface area contributed by atoms with E-state index in [1.54, 1.807) is 12.0 Å². The van der Waals surface area contributed by atoms with Crippen molar-refractivity contribution in [3.8, 4) is 6.07 Å². The van der Waals surface area contributed by atoms with E-state index in [-0.39, 0.29) is 29.4 Å². The van der Waals surface area contributed by atoms with Gasteiger partial charge in [0.05, 0.1) is 18.2 Å². The normalized spacial score (nSPS) is 25.1. The van der Waals surface area contributed by atoms with Crippen molar-refractivity contribution in [2.24, 2.45) is 0 Å². The van der Waals surface area contributed by atoms with Gasteiger partial charge in [-0.1, -0.05) is 30.3 Å². The van der Waals surface area contributed by atoms with Crippen LogP contribution < -0.4 is 0 Å². The molecule has 2 amide bonds. The molecule has 2 aliphatic rings. The highest BCUT2D eigenvalue weighted by atomic mass is 16.5. The van der Waals surface area contributed by atoms with Gasteiger partial charge >= 0.3 is 6.03 Å². The summed E-state index contributed by atoms with van der Waals surface area (Å²) in [5, 5.41) is 8.73. The molecule has 180 valence electrons. The number of nitrogens with zero attached hydrogens (tertiary/aromatic N) is 4. The number of carbonyl (C=O) groups is 2. The van der Waals surface area contributed by atoms with Gasteiger partial charge in [-0.3, -0.25) is 9.69 Å². The van der Waals surface area contributed by atoms with Crippen molar-refractivity contribution >= 4 is 11.8 Å². The summed E-state index contributed by atoms with van der Waals surface area (Å²) in [4.78, 5) is 32.0. The van der Waals surface area contributed by atoms with E-state index in [9.17, 15) is 9.59 Å². The number of amides is 2. The Bertz CT molecular complexity index is 841. The third kappa shape index (κ3) is 5.39. The van der Waals surface area contributed by atoms with Gasteiger partial charge in [0.1, 0.15) is 0 Å². The van der Waals surface area contributed by atoms with Crippen LogP contribution in [0.2, 0.25) is 0 Å². The average Bonchev–Trinajstić information content (AvgIpc) is 3.06. The van der Waals surface area contributed by atoms with E-state index in [4.69, 9.17) is 10.00 Å². The maximum absolute atomic E-state index is 13.4. The van der Waals surface area contributed by atoms with Crippen LogP contribution in [0.4, 0.5) is 4.79 Å². The lowest BCUT2D eigenvalue weighted by molar-refractivity contribution is -0.119. The molecule has 1 aromatic carbocycles. The predicted octanol–water partition coefficient (Wildman–Crippen LogP) is 3.79. The SMILES string of the molecule is COCCCN1C(=O)N(CC(=O)CCCC#N)CC12CCC(c1ccccc1)(N(C)C)CC2. The number of hydrogen-bond donors (Lipinski definition) is 0. The zero-order valence-electron chi connectivity index (χ0n) is 20.4. The second-order valence-corrected chi connectivity index (χ2v) is 9.70. The Kier molecular flexibility index (Phi) is 8.50. The highest BCUT2D eigenvalue weighted by Crippen LogP contribution is 2.48. The topological polar surface area (TPSA) is 76.9 Å². The van der Waals surface area contributed by atoms with Gasteiger partial charge in [-0.15, -0.1) is 0 Å². The Morgan fingerprint density at radius 2 is 1.85 bits per heavy atom. The standard InChI is InChI=1S/C26H38N4O3/c1-28(2)26(22-10-5-4-6-11-22)15-13-25(14-16-26)21-29(20-23(31)12-7-8-17-27)24(32)30(25)18-9-19-33-3/h4-6,10-11H,7-9,12-16,18-21H2,1-3H3. The first-order valence-electron chi connectivity index (χ1n) is 12.1. The van der Waals surface area contributed by atoms with Crippen LogP contribution in [-0.4, -0.2) is 79.5 Å². The fourth-order valence-electron chi connectivity index (χ4n) is 5.66. The number of methoxy groups -OCH3 is 1. The van der Waals surface area contributed by atoms with Crippen molar-refractivity contribution in [3.05, 3.63) is 35.9 Å². The van der Waals surface area contributed by atoms with E-state index in [0.717, 1.165) is 32.1 Å². The van der Waals surface area contributed by atoms with Crippen LogP contribution in [0.25, 0.3) is 0 Å². The zero-order valence-corrected chi connectivity index (χ0v) is 20.4. The van der Waals surface area contributed by atoms with Crippen LogP contribution in [0.5, 0.6) is 0 Å². The summed E-state index contributed by atoms with van der Waals surface area (Å²) in [6, 6.07) is 12.7. The first kappa shape index (κ1) is 25.2. The van der Waals surface area contributed by atoms with Gasteiger partial charge in [-0.2, -0.15) is 5.26 Å². The third-order valence-electron chi connectivity index (χ3n) is 7.58. The Morgan fingerprint density at radius 3 is 2.45 bits per heavy atom. The van der Waals surface area contributed by atoms with Gasteiger partial charge in [-0.25, -0.2) is 4.79 Å². The molecule has 0 unspecified atom stereocenters. The fraction of sp³-hybridized carbons (Fsp3) is 0.654. The second kappa shape index (κ2) is 11.1. The van der Waals surface area contributed by atoms with E-state index in [2.05, 4.69) is 55.4 Å². The molecular formula is C26H38N4O3. The van der Waals surface area contributed by atoms with Crippen LogP contribution in [0.1, 0.15) is 56.9 Å². The van der Waals surface area contributed by atoms with Crippen molar-refractivity contribution < 1.29 is 14.3 Å². The number of Topliss-reactive ketones (excluding diaryl/α,β-unsaturated/α-hetero) is 1. The molecule has 1 saturated carbocycles. The molecule has 1 aliphatic heterocycles. The van der Waals surface area contributed by atoms with Crippen molar-refractivity contribution in [1.29, 1.82) is 5.26 Å². The van der Waals surface area contributed by atoms with Gasteiger partial charge < -0.3 is 14.5 Å². The number of carbonyl (C=O) groups excluding carboxylic acids is 2. The largest absolute Gasteiger partial charge is 0.385 e. The molecule has 1 aromatic rings. The van der Waals surface area contributed by atoms with E-state index in [1.165, 1.54) is 5.56 Å². The second-order valence-electron chi connectivity index (χ2n) is 9.70. The number of rotatable bonds is 11. The minimum atomic E-state index is -0.244. The van der Waals surface area contributed by atoms with Crippen LogP contribution in [0.3, 0.4) is 0 Å². The number of urea groups is 1. The minimum Gasteiger partial charge on any atom is -0.385 e. The maximum Gasteiger partial charge on any atom is 0.321 e. The first-order chi connectivity index (χ1) is 15.9. The number of ether oxygens (including phenoxy) is 1. The fourth-order valence-corrected chi connectivity index (χ4v) is 5.66. The molecule has 7 heteroatoms. The van der Waals surface area contributed by atoms with E-state index in [0.29, 0.717) is 39.0 Å². The van der Waals surface area contributed by atoms with Crippen molar-refractivity contribution in [2.75, 3.05) is 47.4 Å². The molecule has 7 nitrogen and oxygen atoms in total. The van der Waals surface area contributed by atoms with Crippen LogP contribution in [0, 0.1) is 11.3 Å². The molecule has 0 aromatic heterocycles. The summed E-state index contributed by atoms with van der Waals surface area (Å²) in [5.41, 5.74) is 1.03. The molecule has 0 atom stereocenters. The minimum absolute atomic E-state index is 0.0307. The zero-order chi connectivity index (χ0) is 23.9. The summed E-state index contributed by atoms with van der Waals surface area (Å²) in [7, 11) is 5.97. The summed E-state index contributed by atoms with van der Waals surface area (Å²) in [5.74, 6) is 0.0372. The molecule has 1 saturated heterocycles. The van der Waals surface area contributed by atoms with Crippen molar-refractivity contribution in [3.63, 3.8) is 0 Å². The van der Waals surface area contributed by atoms with E-state index >= 15 is 0 Å². The first-order valence-corrected chi connectivity index (χ1v) is 12.1. The van der Waals surface area contributed by atoms with Crippen LogP contribution in [0.15, 0.2) is 30.3 Å². The molecule has 33 heavy (non-hydrogen) atoms. The van der Waals surface area contributed by atoms with Crippen LogP contribution in [-0.2, 0) is 15.1 Å². The Labute approximate surface area is 198 Å². The average molecular weight is 455 g/mol. The summed E-state index contributed by atoms with van der Waals surface area (Å²) in [6.45, 7) is 2.00. The number of unbranched alkanes of at least 4 members (excludes halogenated alkanes) is 1. The molecule has 0 radical (unpaired) electrons. The highest BCUT2D eigenvalue weighted by molar-refractivity contribution is 5.87. The molecule has 1 heterocycles. The van der Waals surface area contributed by atoms with Gasteiger partial charge in [0.25, 0.3) is 0 Å². The van der Waals surface area contributed by atoms with Gasteiger partial charge in [-0.05, 0) is 58.2 Å². The van der Waals surface area contributed by atoms with E-state index < -0.39 is 0 Å². The lowest BCUT2D eigenvalue weighted by atomic mass is 9.68. The third-order valence-corrected chi connectivity index (χ3v) is 7.58. The predicted molar refractivity (Wildman–Crippen MR) is 128 cm³/mol. The Morgan fingerprint density at radius 1 is 1.15 bits per heavy atom. The lowest BCUT2D eigenvalue weighted by Crippen LogP contribution is -2.55. The van der Waals surface area contributed by atoms with Crippen molar-refractivity contribution in [1.82, 2.24) is 14.7 Å². The van der Waals surface area contributed by atoms with Gasteiger partial charge in [0.15, 0.2) is 5.78 Å².